The minimum atomic E-state index is -1.24. The molecule has 4 heterocycles. The van der Waals surface area contributed by atoms with Crippen LogP contribution in [0.5, 0.6) is 0 Å². The predicted octanol–water partition coefficient (Wildman–Crippen LogP) is 4.83. The fraction of sp³-hybridized carbons (Fsp3) is 1.00. The SMILES string of the molecule is C1CCC2C(C1)C1CCCCC1[Si]21C2CCCNC2C2NCCCC21. The Hall–Kier alpha value is 0.137. The zero-order chi connectivity index (χ0) is 16.4. The van der Waals surface area contributed by atoms with Crippen molar-refractivity contribution in [3.05, 3.63) is 0 Å². The molecule has 0 aromatic heterocycles. The first-order chi connectivity index (χ1) is 12.4. The molecule has 1 spiro atoms. The number of fused-ring (bicyclic) bond motifs is 10. The lowest BCUT2D eigenvalue weighted by molar-refractivity contribution is 0.226. The van der Waals surface area contributed by atoms with E-state index in [1.807, 2.05) is 0 Å². The first kappa shape index (κ1) is 16.1. The van der Waals surface area contributed by atoms with Gasteiger partial charge >= 0.3 is 0 Å². The number of hydrogen-bond acceptors (Lipinski definition) is 2. The van der Waals surface area contributed by atoms with Crippen LogP contribution < -0.4 is 10.6 Å². The van der Waals surface area contributed by atoms with Crippen molar-refractivity contribution in [3.63, 3.8) is 0 Å². The molecule has 0 radical (unpaired) electrons. The van der Waals surface area contributed by atoms with Gasteiger partial charge in [-0.15, -0.1) is 0 Å². The van der Waals surface area contributed by atoms with Gasteiger partial charge in [0, 0.05) is 12.1 Å². The molecule has 0 bridgehead atoms. The highest BCUT2D eigenvalue weighted by Gasteiger charge is 2.73. The van der Waals surface area contributed by atoms with Gasteiger partial charge in [0.15, 0.2) is 0 Å². The number of hydrogen-bond donors (Lipinski definition) is 2. The summed E-state index contributed by atoms with van der Waals surface area (Å²) in [5.74, 6) is 2.35. The van der Waals surface area contributed by atoms with E-state index in [2.05, 4.69) is 10.6 Å². The second kappa shape index (κ2) is 6.07. The Bertz CT molecular complexity index is 429. The lowest BCUT2D eigenvalue weighted by Crippen LogP contribution is -2.51. The molecule has 2 saturated carbocycles. The van der Waals surface area contributed by atoms with Crippen molar-refractivity contribution >= 4 is 8.07 Å². The molecule has 2 N–H and O–H groups in total. The van der Waals surface area contributed by atoms with Crippen LogP contribution in [0.3, 0.4) is 0 Å². The van der Waals surface area contributed by atoms with Crippen molar-refractivity contribution in [2.75, 3.05) is 13.1 Å². The highest BCUT2D eigenvalue weighted by molar-refractivity contribution is 6.87. The molecule has 3 heteroatoms. The van der Waals surface area contributed by atoms with Gasteiger partial charge in [0.25, 0.3) is 0 Å². The first-order valence-electron chi connectivity index (χ1n) is 11.9. The van der Waals surface area contributed by atoms with E-state index in [-0.39, 0.29) is 0 Å². The molecule has 8 unspecified atom stereocenters. The van der Waals surface area contributed by atoms with E-state index in [9.17, 15) is 0 Å². The molecule has 25 heavy (non-hydrogen) atoms. The molecule has 6 aliphatic rings. The second-order valence-corrected chi connectivity index (χ2v) is 15.5. The predicted molar refractivity (Wildman–Crippen MR) is 107 cm³/mol. The van der Waals surface area contributed by atoms with E-state index in [1.165, 1.54) is 48.8 Å². The monoisotopic (exact) mass is 358 g/mol. The normalized spacial score (nSPS) is 57.6. The van der Waals surface area contributed by atoms with Gasteiger partial charge in [0.05, 0.1) is 8.07 Å². The van der Waals surface area contributed by atoms with Crippen molar-refractivity contribution in [1.82, 2.24) is 10.6 Å². The molecule has 8 atom stereocenters. The molecule has 6 rings (SSSR count). The third-order valence-electron chi connectivity index (χ3n) is 10.2. The average Bonchev–Trinajstić information content (AvgIpc) is 3.16. The van der Waals surface area contributed by atoms with Crippen LogP contribution in [0.1, 0.15) is 77.0 Å². The number of nitrogens with one attached hydrogen (secondary N) is 2. The van der Waals surface area contributed by atoms with E-state index in [0.29, 0.717) is 0 Å². The second-order valence-electron chi connectivity index (χ2n) is 10.6. The largest absolute Gasteiger partial charge is 0.312 e. The minimum Gasteiger partial charge on any atom is -0.312 e. The zero-order valence-corrected chi connectivity index (χ0v) is 17.0. The van der Waals surface area contributed by atoms with Gasteiger partial charge in [-0.3, -0.25) is 0 Å². The fourth-order valence-corrected chi connectivity index (χ4v) is 20.3. The Morgan fingerprint density at radius 2 is 0.920 bits per heavy atom. The van der Waals surface area contributed by atoms with Crippen LogP contribution in [-0.4, -0.2) is 33.2 Å². The third-order valence-corrected chi connectivity index (χ3v) is 18.0. The molecular weight excluding hydrogens is 320 g/mol. The minimum absolute atomic E-state index is 0.869. The van der Waals surface area contributed by atoms with Crippen LogP contribution in [0.15, 0.2) is 0 Å². The summed E-state index contributed by atoms with van der Waals surface area (Å²) in [5, 5.41) is 8.19. The van der Waals surface area contributed by atoms with Crippen molar-refractivity contribution in [3.8, 4) is 0 Å². The molecule has 4 aliphatic heterocycles. The quantitative estimate of drug-likeness (QED) is 0.606. The van der Waals surface area contributed by atoms with Crippen LogP contribution in [0.2, 0.25) is 22.2 Å². The molecule has 4 saturated heterocycles. The lowest BCUT2D eigenvalue weighted by Gasteiger charge is -2.49. The van der Waals surface area contributed by atoms with Crippen molar-refractivity contribution in [1.29, 1.82) is 0 Å². The Morgan fingerprint density at radius 1 is 0.480 bits per heavy atom. The summed E-state index contributed by atoms with van der Waals surface area (Å²) in [5.41, 5.74) is 4.74. The van der Waals surface area contributed by atoms with Gasteiger partial charge < -0.3 is 10.6 Å². The molecule has 0 aromatic carbocycles. The maximum absolute atomic E-state index is 4.09. The number of piperidine rings is 2. The maximum atomic E-state index is 4.09. The van der Waals surface area contributed by atoms with Crippen LogP contribution in [0.25, 0.3) is 0 Å². The van der Waals surface area contributed by atoms with Gasteiger partial charge in [-0.25, -0.2) is 0 Å². The van der Waals surface area contributed by atoms with Gasteiger partial charge in [0.1, 0.15) is 0 Å². The summed E-state index contributed by atoms with van der Waals surface area (Å²) in [6.07, 6.45) is 19.0. The third kappa shape index (κ3) is 2.04. The molecule has 6 fully saturated rings. The highest BCUT2D eigenvalue weighted by Crippen LogP contribution is 2.75. The standard InChI is InChI=1S/C22H38N2Si/c1-3-9-17-15(7-1)16-8-2-4-10-18(16)25(17)19-11-5-13-23-21(19)22-20(25)12-6-14-24-22/h15-24H,1-14H2. The molecule has 2 nitrogen and oxygen atoms in total. The summed E-state index contributed by atoms with van der Waals surface area (Å²) < 4.78 is 0. The summed E-state index contributed by atoms with van der Waals surface area (Å²) in [7, 11) is -1.24. The van der Waals surface area contributed by atoms with E-state index < -0.39 is 8.07 Å². The average molecular weight is 359 g/mol. The summed E-state index contributed by atoms with van der Waals surface area (Å²) >= 11 is 0. The molecule has 0 amide bonds. The van der Waals surface area contributed by atoms with Crippen LogP contribution in [-0.2, 0) is 0 Å². The van der Waals surface area contributed by atoms with Gasteiger partial charge in [0.2, 0.25) is 0 Å². The van der Waals surface area contributed by atoms with E-state index in [4.69, 9.17) is 0 Å². The van der Waals surface area contributed by atoms with Crippen molar-refractivity contribution in [2.45, 2.75) is 111 Å². The first-order valence-corrected chi connectivity index (χ1v) is 14.2. The van der Waals surface area contributed by atoms with E-state index >= 15 is 0 Å². The van der Waals surface area contributed by atoms with E-state index in [1.54, 1.807) is 64.2 Å². The van der Waals surface area contributed by atoms with Crippen molar-refractivity contribution in [2.24, 2.45) is 11.8 Å². The Labute approximate surface area is 155 Å². The van der Waals surface area contributed by atoms with Gasteiger partial charge in [-0.2, -0.15) is 0 Å². The topological polar surface area (TPSA) is 24.1 Å². The Balaban J connectivity index is 1.50. The molecule has 140 valence electrons. The number of rotatable bonds is 0. The highest BCUT2D eigenvalue weighted by atomic mass is 28.3. The molecular formula is C22H38N2Si. The summed E-state index contributed by atoms with van der Waals surface area (Å²) in [6.45, 7) is 2.61. The molecule has 0 aromatic rings. The Kier molecular flexibility index (Phi) is 3.91. The van der Waals surface area contributed by atoms with Crippen LogP contribution >= 0.6 is 0 Å². The maximum Gasteiger partial charge on any atom is 0.0697 e. The fourth-order valence-electron chi connectivity index (χ4n) is 9.94. The zero-order valence-electron chi connectivity index (χ0n) is 16.0. The Morgan fingerprint density at radius 3 is 1.44 bits per heavy atom. The van der Waals surface area contributed by atoms with Gasteiger partial charge in [-0.05, 0) is 59.9 Å². The summed E-state index contributed by atoms with van der Waals surface area (Å²) in [6, 6.07) is 1.74. The smallest absolute Gasteiger partial charge is 0.0697 e. The van der Waals surface area contributed by atoms with Gasteiger partial charge in [-0.1, -0.05) is 64.2 Å². The van der Waals surface area contributed by atoms with Crippen LogP contribution in [0, 0.1) is 11.8 Å². The summed E-state index contributed by atoms with van der Waals surface area (Å²) in [4.78, 5) is 0. The molecule has 2 aliphatic carbocycles. The van der Waals surface area contributed by atoms with Crippen LogP contribution in [0.4, 0.5) is 0 Å². The van der Waals surface area contributed by atoms with E-state index in [0.717, 1.165) is 23.2 Å². The van der Waals surface area contributed by atoms with Crippen molar-refractivity contribution < 1.29 is 0 Å². The lowest BCUT2D eigenvalue weighted by atomic mass is 9.73.